The number of rotatable bonds is 4. The number of nitrogens with one attached hydrogen (secondary N) is 1. The van der Waals surface area contributed by atoms with E-state index < -0.39 is 29.8 Å². The highest BCUT2D eigenvalue weighted by Crippen LogP contribution is 2.28. The maximum absolute atomic E-state index is 12.8. The zero-order valence-electron chi connectivity index (χ0n) is 14.3. The van der Waals surface area contributed by atoms with Gasteiger partial charge in [0.15, 0.2) is 0 Å². The molecule has 1 N–H and O–H groups in total. The molecular formula is C17H18F3N5O2. The third-order valence-corrected chi connectivity index (χ3v) is 4.32. The first-order valence-electron chi connectivity index (χ1n) is 8.42. The van der Waals surface area contributed by atoms with Crippen LogP contribution < -0.4 is 15.8 Å². The number of alkyl halides is 3. The molecule has 7 nitrogen and oxygen atoms in total. The molecule has 0 radical (unpaired) electrons. The Kier molecular flexibility index (Phi) is 5.43. The quantitative estimate of drug-likeness (QED) is 0.867. The van der Waals surface area contributed by atoms with Crippen molar-refractivity contribution in [2.75, 3.05) is 18.0 Å². The van der Waals surface area contributed by atoms with Gasteiger partial charge in [0.2, 0.25) is 11.9 Å². The predicted octanol–water partition coefficient (Wildman–Crippen LogP) is 1.44. The van der Waals surface area contributed by atoms with Gasteiger partial charge in [-0.3, -0.25) is 9.59 Å². The van der Waals surface area contributed by atoms with Crippen molar-refractivity contribution in [3.05, 3.63) is 52.7 Å². The van der Waals surface area contributed by atoms with Gasteiger partial charge in [-0.15, -0.1) is 0 Å². The predicted molar refractivity (Wildman–Crippen MR) is 91.1 cm³/mol. The standard InChI is InChI=1S/C17H18F3N5O2/c18-17(19,20)12-2-3-15(27)25(10-12)11-14(26)23-13-4-8-24(9-5-13)16-21-6-1-7-22-16/h1-3,6-7,10,13H,4-5,8-9,11H2,(H,23,26). The van der Waals surface area contributed by atoms with Crippen LogP contribution >= 0.6 is 0 Å². The second-order valence-electron chi connectivity index (χ2n) is 6.26. The van der Waals surface area contributed by atoms with Crippen molar-refractivity contribution in [2.45, 2.75) is 31.6 Å². The number of halogens is 3. The largest absolute Gasteiger partial charge is 0.417 e. The maximum Gasteiger partial charge on any atom is 0.417 e. The van der Waals surface area contributed by atoms with Gasteiger partial charge in [-0.05, 0) is 25.0 Å². The van der Waals surface area contributed by atoms with Crippen LogP contribution in [-0.2, 0) is 17.5 Å². The van der Waals surface area contributed by atoms with E-state index in [2.05, 4.69) is 15.3 Å². The molecule has 1 aliphatic heterocycles. The zero-order chi connectivity index (χ0) is 19.4. The molecule has 0 unspecified atom stereocenters. The fourth-order valence-corrected chi connectivity index (χ4v) is 2.93. The van der Waals surface area contributed by atoms with E-state index in [4.69, 9.17) is 0 Å². The van der Waals surface area contributed by atoms with Crippen molar-refractivity contribution < 1.29 is 18.0 Å². The molecule has 144 valence electrons. The van der Waals surface area contributed by atoms with Gasteiger partial charge in [-0.1, -0.05) is 0 Å². The van der Waals surface area contributed by atoms with Gasteiger partial charge in [-0.25, -0.2) is 9.97 Å². The van der Waals surface area contributed by atoms with Gasteiger partial charge < -0.3 is 14.8 Å². The van der Waals surface area contributed by atoms with Crippen molar-refractivity contribution >= 4 is 11.9 Å². The highest BCUT2D eigenvalue weighted by atomic mass is 19.4. The number of pyridine rings is 1. The normalized spacial score (nSPS) is 15.6. The average molecular weight is 381 g/mol. The molecule has 0 spiro atoms. The van der Waals surface area contributed by atoms with Crippen LogP contribution in [0.4, 0.5) is 19.1 Å². The Hall–Kier alpha value is -2.91. The van der Waals surface area contributed by atoms with Gasteiger partial charge in [0.1, 0.15) is 6.54 Å². The first-order valence-corrected chi connectivity index (χ1v) is 8.42. The molecule has 10 heteroatoms. The Morgan fingerprint density at radius 3 is 2.48 bits per heavy atom. The monoisotopic (exact) mass is 381 g/mol. The number of hydrogen-bond acceptors (Lipinski definition) is 5. The molecule has 1 amide bonds. The summed E-state index contributed by atoms with van der Waals surface area (Å²) in [5, 5.41) is 2.78. The average Bonchev–Trinajstić information content (AvgIpc) is 2.64. The number of amides is 1. The minimum Gasteiger partial charge on any atom is -0.352 e. The van der Waals surface area contributed by atoms with Gasteiger partial charge in [0, 0.05) is 43.8 Å². The first kappa shape index (κ1) is 18.9. The van der Waals surface area contributed by atoms with Crippen molar-refractivity contribution in [1.29, 1.82) is 0 Å². The number of hydrogen-bond donors (Lipinski definition) is 1. The summed E-state index contributed by atoms with van der Waals surface area (Å²) in [4.78, 5) is 34.2. The summed E-state index contributed by atoms with van der Waals surface area (Å²) in [5.74, 6) is 0.128. The molecule has 2 aromatic heterocycles. The Bertz CT molecular complexity index is 846. The molecule has 3 heterocycles. The van der Waals surface area contributed by atoms with E-state index >= 15 is 0 Å². The molecular weight excluding hydrogens is 363 g/mol. The lowest BCUT2D eigenvalue weighted by Gasteiger charge is -2.32. The molecule has 0 atom stereocenters. The summed E-state index contributed by atoms with van der Waals surface area (Å²) in [7, 11) is 0. The van der Waals surface area contributed by atoms with E-state index in [0.717, 1.165) is 10.6 Å². The Labute approximate surface area is 152 Å². The van der Waals surface area contributed by atoms with Crippen LogP contribution in [0.25, 0.3) is 0 Å². The minimum atomic E-state index is -4.57. The van der Waals surface area contributed by atoms with Crippen LogP contribution in [0.2, 0.25) is 0 Å². The van der Waals surface area contributed by atoms with Crippen molar-refractivity contribution in [2.24, 2.45) is 0 Å². The second kappa shape index (κ2) is 7.77. The molecule has 27 heavy (non-hydrogen) atoms. The van der Waals surface area contributed by atoms with Gasteiger partial charge >= 0.3 is 6.18 Å². The summed E-state index contributed by atoms with van der Waals surface area (Å²) >= 11 is 0. The fraction of sp³-hybridized carbons (Fsp3) is 0.412. The van der Waals surface area contributed by atoms with Crippen molar-refractivity contribution in [3.63, 3.8) is 0 Å². The maximum atomic E-state index is 12.8. The molecule has 1 aliphatic rings. The molecule has 2 aromatic rings. The van der Waals surface area contributed by atoms with Crippen molar-refractivity contribution in [3.8, 4) is 0 Å². The van der Waals surface area contributed by atoms with Gasteiger partial charge in [-0.2, -0.15) is 13.2 Å². The summed E-state index contributed by atoms with van der Waals surface area (Å²) in [6.45, 7) is 0.849. The van der Waals surface area contributed by atoms with Crippen LogP contribution in [0.1, 0.15) is 18.4 Å². The second-order valence-corrected chi connectivity index (χ2v) is 6.26. The molecule has 1 fully saturated rings. The Morgan fingerprint density at radius 2 is 1.85 bits per heavy atom. The lowest BCUT2D eigenvalue weighted by molar-refractivity contribution is -0.138. The van der Waals surface area contributed by atoms with Crippen LogP contribution in [0.15, 0.2) is 41.6 Å². The zero-order valence-corrected chi connectivity index (χ0v) is 14.3. The van der Waals surface area contributed by atoms with Crippen LogP contribution in [0.3, 0.4) is 0 Å². The van der Waals surface area contributed by atoms with E-state index in [1.54, 1.807) is 18.5 Å². The third-order valence-electron chi connectivity index (χ3n) is 4.32. The van der Waals surface area contributed by atoms with E-state index in [-0.39, 0.29) is 6.04 Å². The van der Waals surface area contributed by atoms with E-state index in [9.17, 15) is 22.8 Å². The fourth-order valence-electron chi connectivity index (χ4n) is 2.93. The third kappa shape index (κ3) is 4.83. The number of nitrogens with zero attached hydrogens (tertiary/aromatic N) is 4. The number of piperidine rings is 1. The molecule has 0 aromatic carbocycles. The SMILES string of the molecule is O=C(Cn1cc(C(F)(F)F)ccc1=O)NC1CCN(c2ncccn2)CC1. The van der Waals surface area contributed by atoms with Gasteiger partial charge in [0.05, 0.1) is 5.56 Å². The van der Waals surface area contributed by atoms with Gasteiger partial charge in [0.25, 0.3) is 5.56 Å². The molecule has 0 bridgehead atoms. The van der Waals surface area contributed by atoms with E-state index in [1.165, 1.54) is 0 Å². The van der Waals surface area contributed by atoms with E-state index in [0.29, 0.717) is 44.1 Å². The molecule has 0 aliphatic carbocycles. The van der Waals surface area contributed by atoms with E-state index in [1.807, 2.05) is 4.90 Å². The molecule has 0 saturated carbocycles. The number of carbonyl (C=O) groups is 1. The summed E-state index contributed by atoms with van der Waals surface area (Å²) in [5.41, 5.74) is -1.62. The summed E-state index contributed by atoms with van der Waals surface area (Å²) in [6.07, 6.45) is 0.713. The summed E-state index contributed by atoms with van der Waals surface area (Å²) in [6, 6.07) is 3.14. The number of anilines is 1. The number of aromatic nitrogens is 3. The number of carbonyl (C=O) groups excluding carboxylic acids is 1. The minimum absolute atomic E-state index is 0.112. The highest BCUT2D eigenvalue weighted by Gasteiger charge is 2.31. The van der Waals surface area contributed by atoms with Crippen LogP contribution in [0.5, 0.6) is 0 Å². The topological polar surface area (TPSA) is 80.1 Å². The smallest absolute Gasteiger partial charge is 0.352 e. The molecule has 3 rings (SSSR count). The lowest BCUT2D eigenvalue weighted by Crippen LogP contribution is -2.46. The summed E-state index contributed by atoms with van der Waals surface area (Å²) < 4.78 is 39.0. The lowest BCUT2D eigenvalue weighted by atomic mass is 10.1. The Balaban J connectivity index is 1.56. The Morgan fingerprint density at radius 1 is 1.19 bits per heavy atom. The van der Waals surface area contributed by atoms with Crippen LogP contribution in [0, 0.1) is 0 Å². The highest BCUT2D eigenvalue weighted by molar-refractivity contribution is 5.76. The van der Waals surface area contributed by atoms with Crippen LogP contribution in [-0.4, -0.2) is 39.6 Å². The molecule has 1 saturated heterocycles. The first-order chi connectivity index (χ1) is 12.8. The van der Waals surface area contributed by atoms with Crippen molar-refractivity contribution in [1.82, 2.24) is 19.9 Å².